The van der Waals surface area contributed by atoms with Crippen molar-refractivity contribution in [2.24, 2.45) is 0 Å². The van der Waals surface area contributed by atoms with Crippen molar-refractivity contribution in [3.63, 3.8) is 0 Å². The Balaban J connectivity index is 1.67. The van der Waals surface area contributed by atoms with E-state index in [1.165, 1.54) is 0 Å². The Morgan fingerprint density at radius 1 is 1.22 bits per heavy atom. The van der Waals surface area contributed by atoms with Crippen LogP contribution in [-0.4, -0.2) is 31.2 Å². The van der Waals surface area contributed by atoms with Gasteiger partial charge in [0.1, 0.15) is 12.4 Å². The summed E-state index contributed by atoms with van der Waals surface area (Å²) < 4.78 is 7.91. The lowest BCUT2D eigenvalue weighted by Gasteiger charge is -2.14. The van der Waals surface area contributed by atoms with Gasteiger partial charge in [0.2, 0.25) is 0 Å². The zero-order chi connectivity index (χ0) is 18.8. The van der Waals surface area contributed by atoms with Gasteiger partial charge in [-0.25, -0.2) is 0 Å². The summed E-state index contributed by atoms with van der Waals surface area (Å²) in [6.07, 6.45) is 5.99. The number of aromatic amines is 1. The van der Waals surface area contributed by atoms with E-state index >= 15 is 0 Å². The Morgan fingerprint density at radius 3 is 2.93 bits per heavy atom. The molecule has 0 amide bonds. The number of hydrogen-bond donors (Lipinski definition) is 1. The number of nitrogens with one attached hydrogen (secondary N) is 1. The number of benzene rings is 1. The minimum absolute atomic E-state index is 0.218. The van der Waals surface area contributed by atoms with E-state index in [4.69, 9.17) is 4.74 Å². The predicted molar refractivity (Wildman–Crippen MR) is 102 cm³/mol. The molecule has 0 atom stereocenters. The van der Waals surface area contributed by atoms with Crippen molar-refractivity contribution in [1.29, 1.82) is 0 Å². The molecule has 4 aromatic rings. The lowest BCUT2D eigenvalue weighted by atomic mass is 10.1. The number of aldehydes is 1. The molecule has 4 rings (SSSR count). The van der Waals surface area contributed by atoms with Gasteiger partial charge in [0.05, 0.1) is 28.7 Å². The van der Waals surface area contributed by atoms with Crippen LogP contribution in [0, 0.1) is 0 Å². The molecule has 0 aliphatic carbocycles. The third-order valence-electron chi connectivity index (χ3n) is 4.41. The molecule has 0 aliphatic heterocycles. The van der Waals surface area contributed by atoms with Crippen LogP contribution in [0.15, 0.2) is 48.9 Å². The van der Waals surface area contributed by atoms with Gasteiger partial charge in [0.25, 0.3) is 0 Å². The van der Waals surface area contributed by atoms with E-state index in [2.05, 4.69) is 34.1 Å². The molecule has 7 heteroatoms. The quantitative estimate of drug-likeness (QED) is 0.528. The van der Waals surface area contributed by atoms with Crippen LogP contribution in [0.25, 0.3) is 22.3 Å². The maximum absolute atomic E-state index is 11.6. The molecule has 7 nitrogen and oxygen atoms in total. The molecular formula is C20H19N5O2. The highest BCUT2D eigenvalue weighted by Crippen LogP contribution is 2.28. The zero-order valence-corrected chi connectivity index (χ0v) is 15.1. The first-order chi connectivity index (χ1) is 13.2. The molecule has 0 radical (unpaired) electrons. The fourth-order valence-corrected chi connectivity index (χ4v) is 3.11. The number of aromatic nitrogens is 5. The summed E-state index contributed by atoms with van der Waals surface area (Å²) in [6, 6.07) is 9.66. The first kappa shape index (κ1) is 17.0. The molecule has 0 aliphatic rings. The highest BCUT2D eigenvalue weighted by molar-refractivity contribution is 5.98. The maximum atomic E-state index is 11.6. The van der Waals surface area contributed by atoms with Gasteiger partial charge in [0.15, 0.2) is 6.29 Å². The Labute approximate surface area is 156 Å². The number of H-pyrrole nitrogens is 1. The summed E-state index contributed by atoms with van der Waals surface area (Å²) in [7, 11) is 0. The Morgan fingerprint density at radius 2 is 2.11 bits per heavy atom. The summed E-state index contributed by atoms with van der Waals surface area (Å²) >= 11 is 0. The molecular weight excluding hydrogens is 342 g/mol. The lowest BCUT2D eigenvalue weighted by molar-refractivity contribution is 0.112. The molecule has 3 heterocycles. The summed E-state index contributed by atoms with van der Waals surface area (Å²) in [6.45, 7) is 4.43. The largest absolute Gasteiger partial charge is 0.488 e. The van der Waals surface area contributed by atoms with Gasteiger partial charge in [-0.2, -0.15) is 10.2 Å². The molecule has 136 valence electrons. The normalized spacial score (nSPS) is 11.2. The zero-order valence-electron chi connectivity index (χ0n) is 15.1. The topological polar surface area (TPSA) is 85.7 Å². The van der Waals surface area contributed by atoms with Crippen LogP contribution < -0.4 is 4.74 Å². The van der Waals surface area contributed by atoms with Crippen molar-refractivity contribution in [2.45, 2.75) is 26.5 Å². The fourth-order valence-electron chi connectivity index (χ4n) is 3.11. The molecule has 0 fully saturated rings. The van der Waals surface area contributed by atoms with Gasteiger partial charge in [0, 0.05) is 29.4 Å². The average molecular weight is 361 g/mol. The monoisotopic (exact) mass is 361 g/mol. The van der Waals surface area contributed by atoms with Crippen molar-refractivity contribution in [1.82, 2.24) is 25.0 Å². The number of ether oxygens (including phenoxy) is 1. The standard InChI is InChI=1S/C20H19N5O2/c1-13(2)25-17(7-9-23-25)20-15(4-3-8-21-20)12-27-18-6-5-14-10-22-24-19(14)16(18)11-26/h3-11,13H,12H2,1-2H3,(H,22,24). The molecule has 3 aromatic heterocycles. The van der Waals surface area contributed by atoms with Crippen LogP contribution in [0.1, 0.15) is 35.8 Å². The third kappa shape index (κ3) is 3.08. The van der Waals surface area contributed by atoms with Gasteiger partial charge >= 0.3 is 0 Å². The second-order valence-electron chi connectivity index (χ2n) is 6.48. The van der Waals surface area contributed by atoms with E-state index in [1.54, 1.807) is 24.7 Å². The highest BCUT2D eigenvalue weighted by Gasteiger charge is 2.15. The van der Waals surface area contributed by atoms with Crippen molar-refractivity contribution in [3.8, 4) is 17.1 Å². The second kappa shape index (κ2) is 7.03. The third-order valence-corrected chi connectivity index (χ3v) is 4.41. The van der Waals surface area contributed by atoms with E-state index in [-0.39, 0.29) is 12.6 Å². The van der Waals surface area contributed by atoms with Crippen molar-refractivity contribution >= 4 is 17.2 Å². The Kier molecular flexibility index (Phi) is 4.42. The highest BCUT2D eigenvalue weighted by atomic mass is 16.5. The summed E-state index contributed by atoms with van der Waals surface area (Å²) in [4.78, 5) is 16.1. The van der Waals surface area contributed by atoms with Gasteiger partial charge in [-0.05, 0) is 38.1 Å². The fraction of sp³-hybridized carbons (Fsp3) is 0.200. The molecule has 0 unspecified atom stereocenters. The van der Waals surface area contributed by atoms with E-state index < -0.39 is 0 Å². The van der Waals surface area contributed by atoms with Crippen molar-refractivity contribution in [2.75, 3.05) is 0 Å². The van der Waals surface area contributed by atoms with Crippen molar-refractivity contribution < 1.29 is 9.53 Å². The predicted octanol–water partition coefficient (Wildman–Crippen LogP) is 3.79. The first-order valence-electron chi connectivity index (χ1n) is 8.71. The summed E-state index contributed by atoms with van der Waals surface area (Å²) in [5, 5.41) is 12.1. The van der Waals surface area contributed by atoms with Crippen LogP contribution in [-0.2, 0) is 6.61 Å². The molecule has 0 spiro atoms. The van der Waals surface area contributed by atoms with Crippen LogP contribution in [0.5, 0.6) is 5.75 Å². The second-order valence-corrected chi connectivity index (χ2v) is 6.48. The van der Waals surface area contributed by atoms with Crippen LogP contribution in [0.3, 0.4) is 0 Å². The molecule has 0 saturated heterocycles. The minimum Gasteiger partial charge on any atom is -0.488 e. The number of fused-ring (bicyclic) bond motifs is 1. The first-order valence-corrected chi connectivity index (χ1v) is 8.71. The maximum Gasteiger partial charge on any atom is 0.155 e. The Hall–Kier alpha value is -3.48. The molecule has 0 bridgehead atoms. The number of rotatable bonds is 6. The van der Waals surface area contributed by atoms with Crippen LogP contribution >= 0.6 is 0 Å². The summed E-state index contributed by atoms with van der Waals surface area (Å²) in [5.41, 5.74) is 3.80. The van der Waals surface area contributed by atoms with Gasteiger partial charge in [-0.1, -0.05) is 6.07 Å². The van der Waals surface area contributed by atoms with Gasteiger partial charge in [-0.3, -0.25) is 19.6 Å². The van der Waals surface area contributed by atoms with Gasteiger partial charge in [-0.15, -0.1) is 0 Å². The molecule has 1 aromatic carbocycles. The van der Waals surface area contributed by atoms with E-state index in [1.807, 2.05) is 28.9 Å². The number of carbonyl (C=O) groups excluding carboxylic acids is 1. The van der Waals surface area contributed by atoms with Crippen molar-refractivity contribution in [3.05, 3.63) is 60.0 Å². The number of nitrogens with zero attached hydrogens (tertiary/aromatic N) is 4. The Bertz CT molecular complexity index is 1100. The van der Waals surface area contributed by atoms with E-state index in [0.717, 1.165) is 28.6 Å². The SMILES string of the molecule is CC(C)n1nccc1-c1ncccc1COc1ccc2cn[nH]c2c1C=O. The minimum atomic E-state index is 0.218. The van der Waals surface area contributed by atoms with Crippen LogP contribution in [0.4, 0.5) is 0 Å². The number of carbonyl (C=O) groups is 1. The number of pyridine rings is 1. The smallest absolute Gasteiger partial charge is 0.155 e. The van der Waals surface area contributed by atoms with Gasteiger partial charge < -0.3 is 4.74 Å². The van der Waals surface area contributed by atoms with Crippen LogP contribution in [0.2, 0.25) is 0 Å². The van der Waals surface area contributed by atoms with E-state index in [9.17, 15) is 4.79 Å². The number of hydrogen-bond acceptors (Lipinski definition) is 5. The van der Waals surface area contributed by atoms with E-state index in [0.29, 0.717) is 16.8 Å². The lowest BCUT2D eigenvalue weighted by Crippen LogP contribution is -2.08. The summed E-state index contributed by atoms with van der Waals surface area (Å²) in [5.74, 6) is 0.508. The molecule has 27 heavy (non-hydrogen) atoms. The molecule has 1 N–H and O–H groups in total. The average Bonchev–Trinajstić information content (AvgIpc) is 3.35. The molecule has 0 saturated carbocycles.